The van der Waals surface area contributed by atoms with Gasteiger partial charge in [-0.15, -0.1) is 11.3 Å². The van der Waals surface area contributed by atoms with E-state index in [1.165, 1.54) is 47.4 Å². The number of aliphatic hydroxyl groups excluding tert-OH is 1. The third-order valence-electron chi connectivity index (χ3n) is 5.96. The molecule has 3 unspecified atom stereocenters. The number of fused-ring (bicyclic) bond motifs is 1. The molecule has 2 aromatic heterocycles. The van der Waals surface area contributed by atoms with Crippen LogP contribution in [0.15, 0.2) is 42.9 Å². The number of hydrogen-bond donors (Lipinski definition) is 1. The smallest absolute Gasteiger partial charge is 0.120 e. The highest BCUT2D eigenvalue weighted by atomic mass is 32.1. The Morgan fingerprint density at radius 2 is 1.92 bits per heavy atom. The summed E-state index contributed by atoms with van der Waals surface area (Å²) in [7, 11) is 0. The molecule has 0 aliphatic heterocycles. The summed E-state index contributed by atoms with van der Waals surface area (Å²) < 4.78 is 2.13. The maximum absolute atomic E-state index is 11.1. The molecule has 0 amide bonds. The summed E-state index contributed by atoms with van der Waals surface area (Å²) in [5, 5.41) is 11.1. The van der Waals surface area contributed by atoms with Gasteiger partial charge in [-0.1, -0.05) is 30.3 Å². The van der Waals surface area contributed by atoms with Crippen molar-refractivity contribution in [3.8, 4) is 0 Å². The minimum atomic E-state index is -0.363. The molecule has 2 saturated carbocycles. The number of imidazole rings is 1. The van der Waals surface area contributed by atoms with Crippen LogP contribution in [-0.4, -0.2) is 14.5 Å². The summed E-state index contributed by atoms with van der Waals surface area (Å²) >= 11 is 1.83. The van der Waals surface area contributed by atoms with Gasteiger partial charge in [0.2, 0.25) is 0 Å². The lowest BCUT2D eigenvalue weighted by Gasteiger charge is -2.17. The zero-order chi connectivity index (χ0) is 16.8. The average molecular weight is 353 g/mol. The number of benzene rings is 1. The van der Waals surface area contributed by atoms with E-state index in [2.05, 4.69) is 39.7 Å². The van der Waals surface area contributed by atoms with E-state index in [-0.39, 0.29) is 6.10 Å². The number of aliphatic hydroxyl groups is 1. The highest BCUT2D eigenvalue weighted by Gasteiger charge is 2.34. The van der Waals surface area contributed by atoms with Gasteiger partial charge in [-0.3, -0.25) is 4.40 Å². The maximum atomic E-state index is 11.1. The molecule has 0 radical (unpaired) electrons. The first kappa shape index (κ1) is 15.6. The number of nitrogens with zero attached hydrogens (tertiary/aromatic N) is 2. The van der Waals surface area contributed by atoms with Gasteiger partial charge in [-0.05, 0) is 61.8 Å². The van der Waals surface area contributed by atoms with Crippen LogP contribution in [0.2, 0.25) is 0 Å². The topological polar surface area (TPSA) is 37.5 Å². The summed E-state index contributed by atoms with van der Waals surface area (Å²) in [6, 6.07) is 10.9. The van der Waals surface area contributed by atoms with E-state index in [1.807, 2.05) is 23.9 Å². The molecule has 5 rings (SSSR count). The molecule has 2 heterocycles. The molecular weight excluding hydrogens is 328 g/mol. The number of aromatic nitrogens is 2. The van der Waals surface area contributed by atoms with Crippen molar-refractivity contribution < 1.29 is 5.11 Å². The van der Waals surface area contributed by atoms with Crippen molar-refractivity contribution in [2.24, 2.45) is 5.92 Å². The Labute approximate surface area is 152 Å². The normalized spacial score (nSPS) is 24.8. The second-order valence-electron chi connectivity index (χ2n) is 7.77. The van der Waals surface area contributed by atoms with Crippen molar-refractivity contribution in [2.75, 3.05) is 0 Å². The average Bonchev–Trinajstić information content (AvgIpc) is 3.04. The summed E-state index contributed by atoms with van der Waals surface area (Å²) in [5.74, 6) is 1.96. The molecule has 0 saturated heterocycles. The Balaban J connectivity index is 1.33. The van der Waals surface area contributed by atoms with E-state index >= 15 is 0 Å². The van der Waals surface area contributed by atoms with Crippen LogP contribution in [0.5, 0.6) is 0 Å². The van der Waals surface area contributed by atoms with Crippen molar-refractivity contribution in [1.82, 2.24) is 9.38 Å². The van der Waals surface area contributed by atoms with Crippen LogP contribution in [0.25, 0.3) is 4.83 Å². The van der Waals surface area contributed by atoms with Gasteiger partial charge in [-0.25, -0.2) is 4.98 Å². The molecule has 2 fully saturated rings. The lowest BCUT2D eigenvalue weighted by Crippen LogP contribution is -2.09. The largest absolute Gasteiger partial charge is 0.387 e. The predicted molar refractivity (Wildman–Crippen MR) is 101 cm³/mol. The van der Waals surface area contributed by atoms with E-state index in [1.54, 1.807) is 0 Å². The Morgan fingerprint density at radius 1 is 1.12 bits per heavy atom. The zero-order valence-corrected chi connectivity index (χ0v) is 15.2. The van der Waals surface area contributed by atoms with Crippen LogP contribution in [0.1, 0.15) is 72.6 Å². The van der Waals surface area contributed by atoms with Gasteiger partial charge in [0.05, 0.1) is 18.0 Å². The Morgan fingerprint density at radius 3 is 2.72 bits per heavy atom. The second kappa shape index (κ2) is 6.26. The summed E-state index contributed by atoms with van der Waals surface area (Å²) in [6.45, 7) is 0. The lowest BCUT2D eigenvalue weighted by molar-refractivity contribution is 0.138. The lowest BCUT2D eigenvalue weighted by atomic mass is 9.93. The van der Waals surface area contributed by atoms with Gasteiger partial charge in [0.15, 0.2) is 0 Å². The van der Waals surface area contributed by atoms with Crippen LogP contribution in [-0.2, 0) is 0 Å². The molecule has 0 bridgehead atoms. The van der Waals surface area contributed by atoms with E-state index in [0.29, 0.717) is 17.8 Å². The fourth-order valence-electron chi connectivity index (χ4n) is 4.53. The van der Waals surface area contributed by atoms with Gasteiger partial charge >= 0.3 is 0 Å². The number of thiazole rings is 1. The summed E-state index contributed by atoms with van der Waals surface area (Å²) in [5.41, 5.74) is 2.59. The van der Waals surface area contributed by atoms with E-state index in [9.17, 15) is 5.11 Å². The molecule has 0 spiro atoms. The van der Waals surface area contributed by atoms with Gasteiger partial charge in [0.1, 0.15) is 11.2 Å². The molecule has 3 aromatic rings. The third-order valence-corrected chi connectivity index (χ3v) is 7.24. The van der Waals surface area contributed by atoms with Crippen LogP contribution in [0.4, 0.5) is 0 Å². The van der Waals surface area contributed by atoms with Crippen molar-refractivity contribution >= 4 is 16.2 Å². The monoisotopic (exact) mass is 352 g/mol. The van der Waals surface area contributed by atoms with Crippen LogP contribution >= 0.6 is 11.3 Å². The van der Waals surface area contributed by atoms with E-state index < -0.39 is 0 Å². The summed E-state index contributed by atoms with van der Waals surface area (Å²) in [6.07, 6.45) is 10.5. The van der Waals surface area contributed by atoms with E-state index in [0.717, 1.165) is 12.1 Å². The van der Waals surface area contributed by atoms with Crippen molar-refractivity contribution in [3.63, 3.8) is 0 Å². The summed E-state index contributed by atoms with van der Waals surface area (Å²) in [4.78, 5) is 6.85. The SMILES string of the molecule is OC(CC1CCC(c2ccccc2)C1)c1c(C2CC2)sc2cncn12. The Kier molecular flexibility index (Phi) is 3.90. The van der Waals surface area contributed by atoms with Crippen molar-refractivity contribution in [3.05, 3.63) is 59.0 Å². The predicted octanol–water partition coefficient (Wildman–Crippen LogP) is 5.28. The first-order chi connectivity index (χ1) is 12.3. The standard InChI is InChI=1S/C21H24N2OS/c24-18(11-14-6-7-17(10-14)15-4-2-1-3-5-15)20-21(16-8-9-16)25-19-12-22-13-23(19)20/h1-5,12-14,16-18,24H,6-11H2. The molecule has 2 aliphatic rings. The van der Waals surface area contributed by atoms with Gasteiger partial charge in [-0.2, -0.15) is 0 Å². The third kappa shape index (κ3) is 2.91. The van der Waals surface area contributed by atoms with Crippen molar-refractivity contribution in [2.45, 2.75) is 56.5 Å². The van der Waals surface area contributed by atoms with Crippen molar-refractivity contribution in [1.29, 1.82) is 0 Å². The van der Waals surface area contributed by atoms with Crippen LogP contribution < -0.4 is 0 Å². The molecule has 1 aromatic carbocycles. The van der Waals surface area contributed by atoms with Gasteiger partial charge in [0, 0.05) is 4.88 Å². The number of rotatable bonds is 5. The number of hydrogen-bond acceptors (Lipinski definition) is 3. The molecule has 130 valence electrons. The molecule has 4 heteroatoms. The molecule has 2 aliphatic carbocycles. The molecule has 25 heavy (non-hydrogen) atoms. The molecule has 3 atom stereocenters. The first-order valence-electron chi connectivity index (χ1n) is 9.47. The van der Waals surface area contributed by atoms with Gasteiger partial charge < -0.3 is 5.11 Å². The molecular formula is C21H24N2OS. The fraction of sp³-hybridized carbons (Fsp3) is 0.476. The quantitative estimate of drug-likeness (QED) is 0.678. The fourth-order valence-corrected chi connectivity index (χ4v) is 5.85. The minimum Gasteiger partial charge on any atom is -0.387 e. The molecule has 3 nitrogen and oxygen atoms in total. The highest BCUT2D eigenvalue weighted by Crippen LogP contribution is 2.49. The van der Waals surface area contributed by atoms with Gasteiger partial charge in [0.25, 0.3) is 0 Å². The Hall–Kier alpha value is -1.65. The van der Waals surface area contributed by atoms with Crippen LogP contribution in [0, 0.1) is 5.92 Å². The van der Waals surface area contributed by atoms with E-state index in [4.69, 9.17) is 0 Å². The minimum absolute atomic E-state index is 0.363. The molecule has 1 N–H and O–H groups in total. The Bertz CT molecular complexity index is 865. The van der Waals surface area contributed by atoms with Crippen LogP contribution in [0.3, 0.4) is 0 Å². The first-order valence-corrected chi connectivity index (χ1v) is 10.3. The maximum Gasteiger partial charge on any atom is 0.120 e. The zero-order valence-electron chi connectivity index (χ0n) is 14.3. The highest BCUT2D eigenvalue weighted by molar-refractivity contribution is 7.17. The second-order valence-corrected chi connectivity index (χ2v) is 8.83.